The number of ether oxygens (including phenoxy) is 1. The molecule has 1 saturated heterocycles. The quantitative estimate of drug-likeness (QED) is 0.410. The zero-order chi connectivity index (χ0) is 16.0. The van der Waals surface area contributed by atoms with E-state index < -0.39 is 42.6 Å². The number of nitrogens with two attached hydrogens (primary N) is 1. The van der Waals surface area contributed by atoms with Gasteiger partial charge in [-0.05, 0) is 0 Å². The van der Waals surface area contributed by atoms with E-state index in [1.807, 2.05) is 0 Å². The second kappa shape index (κ2) is 5.53. The number of hydrogen-bond donors (Lipinski definition) is 5. The van der Waals surface area contributed by atoms with Crippen molar-refractivity contribution in [2.45, 2.75) is 31.1 Å². The van der Waals surface area contributed by atoms with E-state index >= 15 is 0 Å². The van der Waals surface area contributed by atoms with Crippen LogP contribution >= 0.6 is 11.3 Å². The number of thiazole rings is 1. The van der Waals surface area contributed by atoms with Gasteiger partial charge >= 0.3 is 4.87 Å². The number of aromatic nitrogens is 3. The van der Waals surface area contributed by atoms with Gasteiger partial charge < -0.3 is 30.9 Å². The summed E-state index contributed by atoms with van der Waals surface area (Å²) in [7, 11) is 0. The van der Waals surface area contributed by atoms with Gasteiger partial charge in [-0.2, -0.15) is 4.98 Å². The monoisotopic (exact) mass is 330 g/mol. The molecule has 11 heteroatoms. The van der Waals surface area contributed by atoms with Crippen LogP contribution < -0.4 is 10.6 Å². The molecule has 0 amide bonds. The normalized spacial score (nSPS) is 28.5. The van der Waals surface area contributed by atoms with Crippen LogP contribution in [0.25, 0.3) is 10.3 Å². The van der Waals surface area contributed by atoms with Crippen LogP contribution in [0.4, 0.5) is 5.95 Å². The van der Waals surface area contributed by atoms with E-state index in [2.05, 4.69) is 9.97 Å². The van der Waals surface area contributed by atoms with Crippen LogP contribution in [0.3, 0.4) is 0 Å². The smallest absolute Gasteiger partial charge is 0.311 e. The maximum Gasteiger partial charge on any atom is 0.311 e. The first-order valence-electron chi connectivity index (χ1n) is 6.38. The SMILES string of the molecule is Nc1nc(CO)c2sc(=O)n([C@@H]3O[C@H](CO)[C@@H](O)[C@H]3O)c2n1. The molecule has 4 atom stereocenters. The molecular weight excluding hydrogens is 316 g/mol. The molecule has 2 aromatic rings. The first kappa shape index (κ1) is 15.3. The molecule has 120 valence electrons. The van der Waals surface area contributed by atoms with Gasteiger partial charge in [0.25, 0.3) is 0 Å². The standard InChI is InChI=1S/C11H14N4O6S/c12-10-13-3(1-16)7-8(14-10)15(11(20)22-7)9-6(19)5(18)4(2-17)21-9/h4-6,9,16-19H,1-2H2,(H2,12,13,14)/t4-,5-,6-,9-/m1/s1. The largest absolute Gasteiger partial charge is 0.394 e. The Morgan fingerprint density at radius 2 is 2.00 bits per heavy atom. The molecule has 6 N–H and O–H groups in total. The number of aliphatic hydroxyl groups is 4. The van der Waals surface area contributed by atoms with Gasteiger partial charge in [-0.25, -0.2) is 4.98 Å². The summed E-state index contributed by atoms with van der Waals surface area (Å²) < 4.78 is 6.70. The lowest BCUT2D eigenvalue weighted by molar-refractivity contribution is -0.0518. The predicted molar refractivity (Wildman–Crippen MR) is 75.0 cm³/mol. The number of nitrogens with zero attached hydrogens (tertiary/aromatic N) is 3. The Labute approximate surface area is 127 Å². The van der Waals surface area contributed by atoms with Crippen molar-refractivity contribution < 1.29 is 25.2 Å². The second-order valence-electron chi connectivity index (χ2n) is 4.81. The minimum Gasteiger partial charge on any atom is -0.394 e. The molecule has 1 fully saturated rings. The van der Waals surface area contributed by atoms with Gasteiger partial charge in [0.2, 0.25) is 5.95 Å². The third-order valence-electron chi connectivity index (χ3n) is 3.47. The average Bonchev–Trinajstić information content (AvgIpc) is 2.96. The number of rotatable bonds is 3. The summed E-state index contributed by atoms with van der Waals surface area (Å²) in [5, 5.41) is 38.3. The van der Waals surface area contributed by atoms with E-state index in [1.54, 1.807) is 0 Å². The Morgan fingerprint density at radius 3 is 2.59 bits per heavy atom. The summed E-state index contributed by atoms with van der Waals surface area (Å²) in [5.41, 5.74) is 5.84. The number of hydrogen-bond acceptors (Lipinski definition) is 10. The van der Waals surface area contributed by atoms with Crippen LogP contribution in [0.2, 0.25) is 0 Å². The van der Waals surface area contributed by atoms with E-state index in [9.17, 15) is 20.1 Å². The highest BCUT2D eigenvalue weighted by atomic mass is 32.1. The van der Waals surface area contributed by atoms with Crippen molar-refractivity contribution in [1.82, 2.24) is 14.5 Å². The highest BCUT2D eigenvalue weighted by Crippen LogP contribution is 2.32. The molecule has 0 saturated carbocycles. The van der Waals surface area contributed by atoms with Gasteiger partial charge in [0.15, 0.2) is 11.9 Å². The van der Waals surface area contributed by atoms with E-state index in [1.165, 1.54) is 0 Å². The first-order valence-corrected chi connectivity index (χ1v) is 7.20. The summed E-state index contributed by atoms with van der Waals surface area (Å²) in [6.07, 6.45) is -4.98. The maximum absolute atomic E-state index is 12.2. The Balaban J connectivity index is 2.18. The van der Waals surface area contributed by atoms with Gasteiger partial charge in [0, 0.05) is 0 Å². The summed E-state index contributed by atoms with van der Waals surface area (Å²) in [6, 6.07) is 0. The molecular formula is C11H14N4O6S. The van der Waals surface area contributed by atoms with Crippen molar-refractivity contribution in [3.05, 3.63) is 15.4 Å². The van der Waals surface area contributed by atoms with E-state index in [0.717, 1.165) is 15.9 Å². The summed E-state index contributed by atoms with van der Waals surface area (Å²) in [6.45, 7) is -0.941. The van der Waals surface area contributed by atoms with Gasteiger partial charge in [-0.1, -0.05) is 11.3 Å². The number of aliphatic hydroxyl groups excluding tert-OH is 4. The molecule has 2 aromatic heterocycles. The van der Waals surface area contributed by atoms with Gasteiger partial charge in [0.05, 0.1) is 23.6 Å². The summed E-state index contributed by atoms with van der Waals surface area (Å²) in [4.78, 5) is 19.5. The van der Waals surface area contributed by atoms with E-state index in [4.69, 9.17) is 15.6 Å². The zero-order valence-corrected chi connectivity index (χ0v) is 12.0. The number of nitrogen functional groups attached to an aromatic ring is 1. The minimum atomic E-state index is -1.42. The molecule has 10 nitrogen and oxygen atoms in total. The number of fused-ring (bicyclic) bond motifs is 1. The van der Waals surface area contributed by atoms with Crippen LogP contribution in [0.1, 0.15) is 11.9 Å². The zero-order valence-electron chi connectivity index (χ0n) is 11.2. The van der Waals surface area contributed by atoms with Crippen molar-refractivity contribution in [2.24, 2.45) is 0 Å². The van der Waals surface area contributed by atoms with Gasteiger partial charge in [0.1, 0.15) is 18.3 Å². The van der Waals surface area contributed by atoms with Crippen molar-refractivity contribution >= 4 is 27.6 Å². The Bertz CT molecular complexity index is 761. The molecule has 0 unspecified atom stereocenters. The van der Waals surface area contributed by atoms with E-state index in [0.29, 0.717) is 4.70 Å². The second-order valence-corrected chi connectivity index (χ2v) is 5.77. The van der Waals surface area contributed by atoms with Crippen LogP contribution in [0.15, 0.2) is 4.79 Å². The number of anilines is 1. The van der Waals surface area contributed by atoms with E-state index in [-0.39, 0.29) is 17.3 Å². The van der Waals surface area contributed by atoms with Crippen molar-refractivity contribution in [2.75, 3.05) is 12.3 Å². The molecule has 3 rings (SSSR count). The average molecular weight is 330 g/mol. The van der Waals surface area contributed by atoms with Crippen molar-refractivity contribution in [1.29, 1.82) is 0 Å². The molecule has 0 aliphatic carbocycles. The Hall–Kier alpha value is -1.63. The predicted octanol–water partition coefficient (Wildman–Crippen LogP) is -2.46. The maximum atomic E-state index is 12.2. The lowest BCUT2D eigenvalue weighted by Gasteiger charge is -2.16. The van der Waals surface area contributed by atoms with Crippen LogP contribution in [0.5, 0.6) is 0 Å². The fourth-order valence-corrected chi connectivity index (χ4v) is 3.34. The minimum absolute atomic E-state index is 0.0985. The highest BCUT2D eigenvalue weighted by Gasteiger charge is 2.44. The van der Waals surface area contributed by atoms with Crippen molar-refractivity contribution in [3.8, 4) is 0 Å². The molecule has 0 spiro atoms. The summed E-state index contributed by atoms with van der Waals surface area (Å²) >= 11 is 0.769. The lowest BCUT2D eigenvalue weighted by atomic mass is 10.1. The fraction of sp³-hybridized carbons (Fsp3) is 0.545. The summed E-state index contributed by atoms with van der Waals surface area (Å²) in [5.74, 6) is -0.144. The van der Waals surface area contributed by atoms with Crippen LogP contribution in [-0.4, -0.2) is 59.9 Å². The third kappa shape index (κ3) is 2.18. The highest BCUT2D eigenvalue weighted by molar-refractivity contribution is 7.16. The van der Waals surface area contributed by atoms with Gasteiger partial charge in [-0.3, -0.25) is 9.36 Å². The molecule has 0 bridgehead atoms. The first-order chi connectivity index (χ1) is 10.5. The van der Waals surface area contributed by atoms with Crippen LogP contribution in [0, 0.1) is 0 Å². The Morgan fingerprint density at radius 1 is 1.27 bits per heavy atom. The molecule has 1 aliphatic rings. The molecule has 22 heavy (non-hydrogen) atoms. The molecule has 0 aromatic carbocycles. The lowest BCUT2D eigenvalue weighted by Crippen LogP contribution is -2.34. The molecule has 1 aliphatic heterocycles. The van der Waals surface area contributed by atoms with Crippen LogP contribution in [-0.2, 0) is 11.3 Å². The Kier molecular flexibility index (Phi) is 3.84. The van der Waals surface area contributed by atoms with Gasteiger partial charge in [-0.15, -0.1) is 0 Å². The topological polar surface area (TPSA) is 164 Å². The third-order valence-corrected chi connectivity index (χ3v) is 4.46. The van der Waals surface area contributed by atoms with Crippen molar-refractivity contribution in [3.63, 3.8) is 0 Å². The molecule has 0 radical (unpaired) electrons. The fourth-order valence-electron chi connectivity index (χ4n) is 2.42. The molecule has 3 heterocycles.